The summed E-state index contributed by atoms with van der Waals surface area (Å²) < 4.78 is 0. The molecule has 0 unspecified atom stereocenters. The highest BCUT2D eigenvalue weighted by Gasteiger charge is 2.20. The molecular weight excluding hydrogens is 400 g/mol. The second-order valence-electron chi connectivity index (χ2n) is 7.71. The molecule has 0 bridgehead atoms. The largest absolute Gasteiger partial charge is 0.383 e. The van der Waals surface area contributed by atoms with Crippen molar-refractivity contribution in [3.8, 4) is 0 Å². The number of likely N-dealkylation sites (tertiary alicyclic amines) is 1. The van der Waals surface area contributed by atoms with E-state index in [0.29, 0.717) is 34.8 Å². The fourth-order valence-electron chi connectivity index (χ4n) is 3.71. The number of halogens is 1. The summed E-state index contributed by atoms with van der Waals surface area (Å²) in [5, 5.41) is 8.72. The zero-order chi connectivity index (χ0) is 21.1. The molecule has 0 aliphatic carbocycles. The van der Waals surface area contributed by atoms with Gasteiger partial charge < -0.3 is 21.3 Å². The van der Waals surface area contributed by atoms with Crippen LogP contribution >= 0.6 is 11.6 Å². The van der Waals surface area contributed by atoms with E-state index in [9.17, 15) is 4.79 Å². The lowest BCUT2D eigenvalue weighted by Crippen LogP contribution is -2.37. The van der Waals surface area contributed by atoms with Gasteiger partial charge in [-0.15, -0.1) is 0 Å². The summed E-state index contributed by atoms with van der Waals surface area (Å²) in [6.45, 7) is 2.43. The summed E-state index contributed by atoms with van der Waals surface area (Å²) in [6, 6.07) is 9.72. The van der Waals surface area contributed by atoms with E-state index in [1.165, 1.54) is 0 Å². The van der Waals surface area contributed by atoms with Gasteiger partial charge in [0.2, 0.25) is 0 Å². The molecule has 3 aromatic rings. The van der Waals surface area contributed by atoms with E-state index in [-0.39, 0.29) is 5.91 Å². The van der Waals surface area contributed by atoms with E-state index in [2.05, 4.69) is 32.5 Å². The smallest absolute Gasteiger partial charge is 0.255 e. The Morgan fingerprint density at radius 2 is 2.03 bits per heavy atom. The van der Waals surface area contributed by atoms with Gasteiger partial charge in [0.05, 0.1) is 10.6 Å². The summed E-state index contributed by atoms with van der Waals surface area (Å²) in [5.41, 5.74) is 7.34. The van der Waals surface area contributed by atoms with Crippen LogP contribution in [0.25, 0.3) is 10.8 Å². The summed E-state index contributed by atoms with van der Waals surface area (Å²) in [6.07, 6.45) is 5.27. The van der Waals surface area contributed by atoms with Crippen molar-refractivity contribution in [1.29, 1.82) is 0 Å². The highest BCUT2D eigenvalue weighted by molar-refractivity contribution is 6.31. The van der Waals surface area contributed by atoms with Crippen LogP contribution in [0.15, 0.2) is 42.7 Å². The zero-order valence-corrected chi connectivity index (χ0v) is 17.6. The van der Waals surface area contributed by atoms with Gasteiger partial charge in [0.1, 0.15) is 11.6 Å². The third kappa shape index (κ3) is 4.63. The fourth-order valence-corrected chi connectivity index (χ4v) is 3.87. The number of nitrogens with one attached hydrogen (secondary N) is 2. The lowest BCUT2D eigenvalue weighted by Gasteiger charge is -2.30. The van der Waals surface area contributed by atoms with Crippen LogP contribution < -0.4 is 16.4 Å². The predicted molar refractivity (Wildman–Crippen MR) is 121 cm³/mol. The monoisotopic (exact) mass is 424 g/mol. The molecule has 8 heteroatoms. The number of anilines is 2. The molecule has 0 spiro atoms. The van der Waals surface area contributed by atoms with Gasteiger partial charge in [0.15, 0.2) is 0 Å². The van der Waals surface area contributed by atoms with Crippen molar-refractivity contribution >= 4 is 39.9 Å². The zero-order valence-electron chi connectivity index (χ0n) is 16.9. The molecule has 1 amide bonds. The number of pyridine rings is 2. The maximum absolute atomic E-state index is 12.9. The molecule has 1 aliphatic heterocycles. The van der Waals surface area contributed by atoms with Crippen LogP contribution in [0, 0.1) is 0 Å². The van der Waals surface area contributed by atoms with E-state index in [0.717, 1.165) is 42.3 Å². The number of carbonyl (C=O) groups excluding carboxylic acids is 1. The minimum Gasteiger partial charge on any atom is -0.383 e. The van der Waals surface area contributed by atoms with Gasteiger partial charge in [-0.2, -0.15) is 0 Å². The Bertz CT molecular complexity index is 1060. The van der Waals surface area contributed by atoms with Crippen molar-refractivity contribution in [1.82, 2.24) is 20.2 Å². The molecule has 1 aromatic carbocycles. The van der Waals surface area contributed by atoms with Crippen molar-refractivity contribution in [2.75, 3.05) is 31.2 Å². The SMILES string of the molecule is CN1CCC(Nc2ncc(Cl)cc2C(=O)NCc2ccc3c(N)nccc3c2)CC1. The Balaban J connectivity index is 1.47. The van der Waals surface area contributed by atoms with Crippen molar-refractivity contribution in [2.45, 2.75) is 25.4 Å². The molecule has 2 aromatic heterocycles. The Morgan fingerprint density at radius 1 is 1.23 bits per heavy atom. The Kier molecular flexibility index (Phi) is 6.01. The average molecular weight is 425 g/mol. The normalized spacial score (nSPS) is 15.3. The molecule has 156 valence electrons. The summed E-state index contributed by atoms with van der Waals surface area (Å²) in [5.74, 6) is 0.858. The van der Waals surface area contributed by atoms with Crippen LogP contribution in [0.2, 0.25) is 5.02 Å². The minimum atomic E-state index is -0.213. The maximum Gasteiger partial charge on any atom is 0.255 e. The van der Waals surface area contributed by atoms with Gasteiger partial charge in [-0.05, 0) is 62.1 Å². The minimum absolute atomic E-state index is 0.213. The van der Waals surface area contributed by atoms with Gasteiger partial charge in [0, 0.05) is 30.4 Å². The van der Waals surface area contributed by atoms with E-state index >= 15 is 0 Å². The van der Waals surface area contributed by atoms with E-state index in [1.54, 1.807) is 18.5 Å². The number of hydrogen-bond donors (Lipinski definition) is 3. The molecule has 0 saturated carbocycles. The van der Waals surface area contributed by atoms with Crippen LogP contribution in [-0.2, 0) is 6.54 Å². The number of nitrogens with two attached hydrogens (primary N) is 1. The molecule has 4 N–H and O–H groups in total. The van der Waals surface area contributed by atoms with Crippen molar-refractivity contribution in [3.05, 3.63) is 58.9 Å². The summed E-state index contributed by atoms with van der Waals surface area (Å²) in [4.78, 5) is 23.7. The molecule has 1 saturated heterocycles. The summed E-state index contributed by atoms with van der Waals surface area (Å²) in [7, 11) is 2.12. The Morgan fingerprint density at radius 3 is 2.83 bits per heavy atom. The van der Waals surface area contributed by atoms with Crippen LogP contribution in [0.3, 0.4) is 0 Å². The first kappa shape index (κ1) is 20.4. The van der Waals surface area contributed by atoms with Crippen molar-refractivity contribution < 1.29 is 4.79 Å². The molecule has 7 nitrogen and oxygen atoms in total. The lowest BCUT2D eigenvalue weighted by atomic mass is 10.1. The molecule has 1 aliphatic rings. The predicted octanol–water partition coefficient (Wildman–Crippen LogP) is 3.30. The first-order chi connectivity index (χ1) is 14.5. The molecular formula is C22H25ClN6O. The standard InChI is InChI=1S/C22H25ClN6O/c1-29-8-5-17(6-9-29)28-21-19(11-16(23)13-26-21)22(30)27-12-14-2-3-18-15(10-14)4-7-25-20(18)24/h2-4,7,10-11,13,17H,5-6,8-9,12H2,1H3,(H2,24,25)(H,26,28)(H,27,30). The molecule has 4 rings (SSSR count). The number of nitrogen functional groups attached to an aromatic ring is 1. The molecule has 3 heterocycles. The Hall–Kier alpha value is -2.90. The number of rotatable bonds is 5. The van der Waals surface area contributed by atoms with Crippen LogP contribution in [0.1, 0.15) is 28.8 Å². The highest BCUT2D eigenvalue weighted by Crippen LogP contribution is 2.22. The number of nitrogens with zero attached hydrogens (tertiary/aromatic N) is 3. The third-order valence-electron chi connectivity index (χ3n) is 5.47. The number of hydrogen-bond acceptors (Lipinski definition) is 6. The highest BCUT2D eigenvalue weighted by atomic mass is 35.5. The third-order valence-corrected chi connectivity index (χ3v) is 5.68. The topological polar surface area (TPSA) is 96.2 Å². The van der Waals surface area contributed by atoms with E-state index in [1.807, 2.05) is 24.3 Å². The quantitative estimate of drug-likeness (QED) is 0.581. The van der Waals surface area contributed by atoms with E-state index in [4.69, 9.17) is 17.3 Å². The first-order valence-corrected chi connectivity index (χ1v) is 10.4. The second kappa shape index (κ2) is 8.85. The van der Waals surface area contributed by atoms with Crippen LogP contribution in [0.4, 0.5) is 11.6 Å². The van der Waals surface area contributed by atoms with Crippen molar-refractivity contribution in [3.63, 3.8) is 0 Å². The second-order valence-corrected chi connectivity index (χ2v) is 8.14. The number of piperidine rings is 1. The average Bonchev–Trinajstić information content (AvgIpc) is 2.75. The number of carbonyl (C=O) groups is 1. The molecule has 1 fully saturated rings. The fraction of sp³-hybridized carbons (Fsp3) is 0.318. The summed E-state index contributed by atoms with van der Waals surface area (Å²) >= 11 is 6.13. The van der Waals surface area contributed by atoms with E-state index < -0.39 is 0 Å². The molecule has 30 heavy (non-hydrogen) atoms. The van der Waals surface area contributed by atoms with Gasteiger partial charge in [-0.1, -0.05) is 23.7 Å². The van der Waals surface area contributed by atoms with Crippen molar-refractivity contribution in [2.24, 2.45) is 0 Å². The van der Waals surface area contributed by atoms with Gasteiger partial charge in [-0.3, -0.25) is 4.79 Å². The molecule has 0 radical (unpaired) electrons. The van der Waals surface area contributed by atoms with Gasteiger partial charge in [-0.25, -0.2) is 9.97 Å². The van der Waals surface area contributed by atoms with Gasteiger partial charge >= 0.3 is 0 Å². The maximum atomic E-state index is 12.9. The van der Waals surface area contributed by atoms with Crippen LogP contribution in [-0.4, -0.2) is 47.0 Å². The molecule has 0 atom stereocenters. The first-order valence-electron chi connectivity index (χ1n) is 10.0. The number of benzene rings is 1. The van der Waals surface area contributed by atoms with Gasteiger partial charge in [0.25, 0.3) is 5.91 Å². The van der Waals surface area contributed by atoms with Crippen LogP contribution in [0.5, 0.6) is 0 Å². The number of fused-ring (bicyclic) bond motifs is 1. The number of amides is 1. The lowest BCUT2D eigenvalue weighted by molar-refractivity contribution is 0.0951. The Labute approximate surface area is 180 Å². The number of aromatic nitrogens is 2.